The van der Waals surface area contributed by atoms with Crippen molar-refractivity contribution in [1.29, 1.82) is 0 Å². The van der Waals surface area contributed by atoms with Crippen LogP contribution in [0.3, 0.4) is 0 Å². The molecule has 2 rings (SSSR count). The number of hydrogen-bond donors (Lipinski definition) is 0. The minimum Gasteiger partial charge on any atom is -0.376 e. The van der Waals surface area contributed by atoms with E-state index in [2.05, 4.69) is 0 Å². The molecule has 0 bridgehead atoms. The molecule has 1 aliphatic heterocycles. The van der Waals surface area contributed by atoms with Gasteiger partial charge in [-0.1, -0.05) is 0 Å². The fourth-order valence-corrected chi connectivity index (χ4v) is 2.57. The highest BCUT2D eigenvalue weighted by Crippen LogP contribution is 2.15. The van der Waals surface area contributed by atoms with Crippen LogP contribution in [0.4, 0.5) is 0 Å². The molecule has 1 fully saturated rings. The second-order valence-electron chi connectivity index (χ2n) is 4.95. The number of carbonyl (C=O) groups is 1. The summed E-state index contributed by atoms with van der Waals surface area (Å²) in [7, 11) is 0. The summed E-state index contributed by atoms with van der Waals surface area (Å²) >= 11 is 0. The predicted molar refractivity (Wildman–Crippen MR) is 69.2 cm³/mol. The van der Waals surface area contributed by atoms with E-state index in [0.29, 0.717) is 12.1 Å². The molecule has 1 aliphatic rings. The van der Waals surface area contributed by atoms with E-state index in [1.165, 1.54) is 6.92 Å². The first-order chi connectivity index (χ1) is 8.50. The fourth-order valence-electron chi connectivity index (χ4n) is 2.57. The number of ketones is 1. The number of aromatic nitrogens is 1. The zero-order valence-corrected chi connectivity index (χ0v) is 11.2. The van der Waals surface area contributed by atoms with Crippen LogP contribution in [0.25, 0.3) is 0 Å². The number of rotatable bonds is 3. The number of hydrogen-bond acceptors (Lipinski definition) is 3. The first kappa shape index (κ1) is 13.0. The van der Waals surface area contributed by atoms with Crippen molar-refractivity contribution in [2.45, 2.75) is 46.3 Å². The molecule has 1 unspecified atom stereocenters. The molecule has 0 radical (unpaired) electrons. The Bertz CT molecular complexity index is 525. The average molecular weight is 249 g/mol. The Morgan fingerprint density at radius 3 is 2.78 bits per heavy atom. The van der Waals surface area contributed by atoms with Crippen molar-refractivity contribution in [2.75, 3.05) is 6.61 Å². The molecule has 1 atom stereocenters. The molecular weight excluding hydrogens is 230 g/mol. The second kappa shape index (κ2) is 5.06. The van der Waals surface area contributed by atoms with E-state index in [0.717, 1.165) is 30.7 Å². The molecule has 0 spiro atoms. The molecule has 0 N–H and O–H groups in total. The summed E-state index contributed by atoms with van der Waals surface area (Å²) in [5.74, 6) is -0.168. The first-order valence-electron chi connectivity index (χ1n) is 6.34. The van der Waals surface area contributed by atoms with Crippen molar-refractivity contribution in [3.8, 4) is 0 Å². The Kier molecular flexibility index (Phi) is 3.66. The van der Waals surface area contributed by atoms with Crippen molar-refractivity contribution in [2.24, 2.45) is 0 Å². The molecule has 1 saturated heterocycles. The molecule has 0 saturated carbocycles. The van der Waals surface area contributed by atoms with Crippen molar-refractivity contribution >= 4 is 5.78 Å². The summed E-state index contributed by atoms with van der Waals surface area (Å²) in [4.78, 5) is 23.9. The van der Waals surface area contributed by atoms with E-state index < -0.39 is 0 Å². The fraction of sp³-hybridized carbons (Fsp3) is 0.571. The Labute approximate surface area is 107 Å². The maximum atomic E-state index is 12.3. The van der Waals surface area contributed by atoms with Gasteiger partial charge >= 0.3 is 0 Å². The molecule has 2 heterocycles. The lowest BCUT2D eigenvalue weighted by Gasteiger charge is -2.16. The molecule has 18 heavy (non-hydrogen) atoms. The highest BCUT2D eigenvalue weighted by atomic mass is 16.5. The summed E-state index contributed by atoms with van der Waals surface area (Å²) in [6.07, 6.45) is 2.13. The number of aryl methyl sites for hydroxylation is 2. The summed E-state index contributed by atoms with van der Waals surface area (Å²) in [6.45, 7) is 6.46. The van der Waals surface area contributed by atoms with Gasteiger partial charge in [-0.25, -0.2) is 0 Å². The van der Waals surface area contributed by atoms with Crippen LogP contribution in [0.15, 0.2) is 10.9 Å². The number of nitrogens with zero attached hydrogens (tertiary/aromatic N) is 1. The lowest BCUT2D eigenvalue weighted by Crippen LogP contribution is -2.32. The predicted octanol–water partition coefficient (Wildman–Crippen LogP) is 1.85. The summed E-state index contributed by atoms with van der Waals surface area (Å²) in [5.41, 5.74) is 1.76. The smallest absolute Gasteiger partial charge is 0.261 e. The highest BCUT2D eigenvalue weighted by Gasteiger charge is 2.20. The molecule has 0 amide bonds. The summed E-state index contributed by atoms with van der Waals surface area (Å²) in [6, 6.07) is 1.90. The van der Waals surface area contributed by atoms with Gasteiger partial charge in [0.15, 0.2) is 5.78 Å². The maximum absolute atomic E-state index is 12.3. The zero-order chi connectivity index (χ0) is 13.3. The molecule has 0 aromatic carbocycles. The first-order valence-corrected chi connectivity index (χ1v) is 6.34. The third kappa shape index (κ3) is 2.38. The van der Waals surface area contributed by atoms with Gasteiger partial charge in [0.05, 0.1) is 18.2 Å². The van der Waals surface area contributed by atoms with Crippen LogP contribution in [0.2, 0.25) is 0 Å². The van der Waals surface area contributed by atoms with Crippen molar-refractivity contribution in [3.63, 3.8) is 0 Å². The van der Waals surface area contributed by atoms with Gasteiger partial charge in [-0.05, 0) is 45.2 Å². The standard InChI is InChI=1S/C14H19NO3/c1-9-7-10(2)15(8-12-5-4-6-18-12)14(17)13(9)11(3)16/h7,12H,4-6,8H2,1-3H3. The number of Topliss-reactive ketones (excluding diaryl/α,β-unsaturated/α-hetero) is 1. The lowest BCUT2D eigenvalue weighted by atomic mass is 10.1. The number of carbonyl (C=O) groups excluding carboxylic acids is 1. The normalized spacial score (nSPS) is 19.2. The Hall–Kier alpha value is -1.42. The van der Waals surface area contributed by atoms with Crippen molar-refractivity contribution in [1.82, 2.24) is 4.57 Å². The van der Waals surface area contributed by atoms with Gasteiger partial charge in [-0.3, -0.25) is 9.59 Å². The van der Waals surface area contributed by atoms with Crippen LogP contribution in [0.1, 0.15) is 41.4 Å². The SMILES string of the molecule is CC(=O)c1c(C)cc(C)n(CC2CCCO2)c1=O. The molecule has 0 aliphatic carbocycles. The molecule has 98 valence electrons. The second-order valence-corrected chi connectivity index (χ2v) is 4.95. The molecule has 4 nitrogen and oxygen atoms in total. The monoisotopic (exact) mass is 249 g/mol. The van der Waals surface area contributed by atoms with Crippen LogP contribution < -0.4 is 5.56 Å². The van der Waals surface area contributed by atoms with Crippen LogP contribution in [-0.2, 0) is 11.3 Å². The summed E-state index contributed by atoms with van der Waals surface area (Å²) in [5, 5.41) is 0. The summed E-state index contributed by atoms with van der Waals surface area (Å²) < 4.78 is 7.22. The van der Waals surface area contributed by atoms with E-state index in [-0.39, 0.29) is 17.4 Å². The van der Waals surface area contributed by atoms with Gasteiger partial charge in [0, 0.05) is 12.3 Å². The van der Waals surface area contributed by atoms with Gasteiger partial charge < -0.3 is 9.30 Å². The lowest BCUT2D eigenvalue weighted by molar-refractivity contribution is 0.0946. The Morgan fingerprint density at radius 1 is 1.50 bits per heavy atom. The van der Waals surface area contributed by atoms with Gasteiger partial charge in [-0.2, -0.15) is 0 Å². The van der Waals surface area contributed by atoms with Crippen molar-refractivity contribution in [3.05, 3.63) is 33.2 Å². The zero-order valence-electron chi connectivity index (χ0n) is 11.2. The quantitative estimate of drug-likeness (QED) is 0.768. The molecule has 1 aromatic heterocycles. The van der Waals surface area contributed by atoms with Gasteiger partial charge in [-0.15, -0.1) is 0 Å². The van der Waals surface area contributed by atoms with E-state index in [1.54, 1.807) is 4.57 Å². The number of pyridine rings is 1. The van der Waals surface area contributed by atoms with E-state index in [9.17, 15) is 9.59 Å². The van der Waals surface area contributed by atoms with Crippen LogP contribution in [0.5, 0.6) is 0 Å². The van der Waals surface area contributed by atoms with E-state index >= 15 is 0 Å². The van der Waals surface area contributed by atoms with Crippen molar-refractivity contribution < 1.29 is 9.53 Å². The average Bonchev–Trinajstić information content (AvgIpc) is 2.75. The van der Waals surface area contributed by atoms with Crippen LogP contribution in [0, 0.1) is 13.8 Å². The minimum absolute atomic E-state index is 0.101. The Morgan fingerprint density at radius 2 is 2.22 bits per heavy atom. The largest absolute Gasteiger partial charge is 0.376 e. The van der Waals surface area contributed by atoms with Gasteiger partial charge in [0.2, 0.25) is 0 Å². The van der Waals surface area contributed by atoms with Crippen LogP contribution in [-0.4, -0.2) is 23.1 Å². The maximum Gasteiger partial charge on any atom is 0.261 e. The van der Waals surface area contributed by atoms with Gasteiger partial charge in [0.25, 0.3) is 5.56 Å². The third-order valence-corrected chi connectivity index (χ3v) is 3.47. The van der Waals surface area contributed by atoms with E-state index in [4.69, 9.17) is 4.74 Å². The highest BCUT2D eigenvalue weighted by molar-refractivity contribution is 5.95. The third-order valence-electron chi connectivity index (χ3n) is 3.47. The van der Waals surface area contributed by atoms with E-state index in [1.807, 2.05) is 19.9 Å². The molecular formula is C14H19NO3. The van der Waals surface area contributed by atoms with Crippen LogP contribution >= 0.6 is 0 Å². The van der Waals surface area contributed by atoms with Gasteiger partial charge in [0.1, 0.15) is 0 Å². The topological polar surface area (TPSA) is 48.3 Å². The Balaban J connectivity index is 2.43. The molecule has 1 aromatic rings. The molecule has 4 heteroatoms. The minimum atomic E-state index is -0.185. The number of ether oxygens (including phenoxy) is 1.